The summed E-state index contributed by atoms with van der Waals surface area (Å²) in [5.74, 6) is 0.915. The minimum atomic E-state index is -0.649. The smallest absolute Gasteiger partial charge is 0.256 e. The van der Waals surface area contributed by atoms with E-state index in [1.807, 2.05) is 26.0 Å². The Kier molecular flexibility index (Phi) is 6.88. The molecule has 1 atom stereocenters. The molecule has 1 saturated carbocycles. The van der Waals surface area contributed by atoms with Crippen LogP contribution in [0.2, 0.25) is 0 Å². The third-order valence-corrected chi connectivity index (χ3v) is 5.02. The highest BCUT2D eigenvalue weighted by Crippen LogP contribution is 2.35. The molecule has 2 rings (SSSR count). The molecule has 0 aliphatic heterocycles. The zero-order valence-electron chi connectivity index (χ0n) is 16.4. The molecular formula is C21H33NO3. The summed E-state index contributed by atoms with van der Waals surface area (Å²) in [5, 5.41) is 3.09. The molecule has 25 heavy (non-hydrogen) atoms. The van der Waals surface area contributed by atoms with Crippen molar-refractivity contribution >= 4 is 11.6 Å². The van der Waals surface area contributed by atoms with E-state index in [0.717, 1.165) is 61.1 Å². The van der Waals surface area contributed by atoms with Crippen LogP contribution in [0, 0.1) is 13.8 Å². The van der Waals surface area contributed by atoms with Crippen molar-refractivity contribution < 1.29 is 14.3 Å². The van der Waals surface area contributed by atoms with Crippen LogP contribution >= 0.6 is 0 Å². The Morgan fingerprint density at radius 2 is 1.80 bits per heavy atom. The number of amides is 1. The molecule has 1 fully saturated rings. The molecular weight excluding hydrogens is 314 g/mol. The molecule has 1 amide bonds. The second kappa shape index (κ2) is 8.70. The number of benzene rings is 1. The van der Waals surface area contributed by atoms with Gasteiger partial charge in [0.2, 0.25) is 0 Å². The van der Waals surface area contributed by atoms with Gasteiger partial charge in [-0.15, -0.1) is 0 Å². The van der Waals surface area contributed by atoms with E-state index in [1.54, 1.807) is 0 Å². The van der Waals surface area contributed by atoms with Crippen LogP contribution < -0.4 is 10.1 Å². The number of carbonyl (C=O) groups is 1. The van der Waals surface area contributed by atoms with Gasteiger partial charge >= 0.3 is 0 Å². The molecule has 0 heterocycles. The van der Waals surface area contributed by atoms with Gasteiger partial charge in [-0.2, -0.15) is 0 Å². The molecule has 0 unspecified atom stereocenters. The number of rotatable bonds is 8. The molecule has 0 aromatic heterocycles. The zero-order chi connectivity index (χ0) is 18.4. The van der Waals surface area contributed by atoms with Gasteiger partial charge in [0.1, 0.15) is 11.4 Å². The van der Waals surface area contributed by atoms with Crippen LogP contribution in [0.3, 0.4) is 0 Å². The minimum Gasteiger partial charge on any atom is -0.490 e. The van der Waals surface area contributed by atoms with Crippen molar-refractivity contribution in [2.75, 3.05) is 11.9 Å². The fourth-order valence-corrected chi connectivity index (χ4v) is 3.42. The predicted octanol–water partition coefficient (Wildman–Crippen LogP) is 5.16. The summed E-state index contributed by atoms with van der Waals surface area (Å²) >= 11 is 0. The van der Waals surface area contributed by atoms with Crippen molar-refractivity contribution in [2.24, 2.45) is 0 Å². The minimum absolute atomic E-state index is 0.00663. The number of anilines is 1. The second-order valence-corrected chi connectivity index (χ2v) is 7.28. The van der Waals surface area contributed by atoms with Gasteiger partial charge in [0.15, 0.2) is 0 Å². The molecule has 1 aromatic carbocycles. The van der Waals surface area contributed by atoms with Gasteiger partial charge in [0, 0.05) is 12.3 Å². The van der Waals surface area contributed by atoms with Crippen LogP contribution in [0.15, 0.2) is 12.1 Å². The zero-order valence-corrected chi connectivity index (χ0v) is 16.4. The van der Waals surface area contributed by atoms with Crippen molar-refractivity contribution in [1.82, 2.24) is 0 Å². The van der Waals surface area contributed by atoms with E-state index in [1.165, 1.54) is 0 Å². The third kappa shape index (κ3) is 4.75. The van der Waals surface area contributed by atoms with Crippen molar-refractivity contribution in [1.29, 1.82) is 0 Å². The molecule has 4 nitrogen and oxygen atoms in total. The lowest BCUT2D eigenvalue weighted by Crippen LogP contribution is -2.43. The average molecular weight is 347 g/mol. The summed E-state index contributed by atoms with van der Waals surface area (Å²) in [5.41, 5.74) is 2.27. The molecule has 1 N–H and O–H groups in total. The number of hydrogen-bond donors (Lipinski definition) is 1. The summed E-state index contributed by atoms with van der Waals surface area (Å²) in [6.45, 7) is 10.9. The highest BCUT2D eigenvalue weighted by molar-refractivity contribution is 5.97. The lowest BCUT2D eigenvalue weighted by molar-refractivity contribution is -0.140. The Hall–Kier alpha value is -1.55. The maximum Gasteiger partial charge on any atom is 0.256 e. The van der Waals surface area contributed by atoms with Gasteiger partial charge in [0.25, 0.3) is 5.91 Å². The Morgan fingerprint density at radius 3 is 2.32 bits per heavy atom. The van der Waals surface area contributed by atoms with E-state index in [9.17, 15) is 4.79 Å². The average Bonchev–Trinajstić information content (AvgIpc) is 3.06. The van der Waals surface area contributed by atoms with E-state index in [-0.39, 0.29) is 12.0 Å². The van der Waals surface area contributed by atoms with Crippen molar-refractivity contribution in [3.8, 4) is 5.75 Å². The van der Waals surface area contributed by atoms with Crippen LogP contribution in [-0.4, -0.2) is 24.2 Å². The number of aryl methyl sites for hydroxylation is 2. The van der Waals surface area contributed by atoms with E-state index >= 15 is 0 Å². The summed E-state index contributed by atoms with van der Waals surface area (Å²) in [6.07, 6.45) is 5.80. The summed E-state index contributed by atoms with van der Waals surface area (Å²) in [6, 6.07) is 3.98. The number of hydrogen-bond acceptors (Lipinski definition) is 3. The highest BCUT2D eigenvalue weighted by Gasteiger charge is 2.42. The first-order valence-corrected chi connectivity index (χ1v) is 9.65. The fraction of sp³-hybridized carbons (Fsp3) is 0.667. The first-order chi connectivity index (χ1) is 11.9. The first kappa shape index (κ1) is 19.8. The van der Waals surface area contributed by atoms with Crippen molar-refractivity contribution in [3.63, 3.8) is 0 Å². The SMILES string of the molecule is CCCOC1(C(=O)Nc2cc(C)c(O[C@H](C)CC)c(C)c2)CCCC1. The monoisotopic (exact) mass is 347 g/mol. The van der Waals surface area contributed by atoms with Crippen LogP contribution in [0.25, 0.3) is 0 Å². The lowest BCUT2D eigenvalue weighted by atomic mass is 10.00. The molecule has 0 radical (unpaired) electrons. The van der Waals surface area contributed by atoms with E-state index < -0.39 is 5.60 Å². The molecule has 140 valence electrons. The summed E-state index contributed by atoms with van der Waals surface area (Å²) in [4.78, 5) is 12.9. The van der Waals surface area contributed by atoms with Gasteiger partial charge in [0.05, 0.1) is 6.10 Å². The maximum atomic E-state index is 12.9. The van der Waals surface area contributed by atoms with Crippen molar-refractivity contribution in [2.45, 2.75) is 84.8 Å². The Bertz CT molecular complexity index is 568. The normalized spacial score (nSPS) is 17.3. The standard InChI is InChI=1S/C21H33NO3/c1-6-12-24-21(10-8-9-11-21)20(23)22-18-13-15(3)19(16(4)14-18)25-17(5)7-2/h13-14,17H,6-12H2,1-5H3,(H,22,23)/t17-/m1/s1. The van der Waals surface area contributed by atoms with Crippen LogP contribution in [0.1, 0.15) is 70.4 Å². The topological polar surface area (TPSA) is 47.6 Å². The predicted molar refractivity (Wildman–Crippen MR) is 102 cm³/mol. The van der Waals surface area contributed by atoms with Crippen molar-refractivity contribution in [3.05, 3.63) is 23.3 Å². The number of nitrogens with one attached hydrogen (secondary N) is 1. The molecule has 1 aliphatic carbocycles. The van der Waals surface area contributed by atoms with Crippen LogP contribution in [0.5, 0.6) is 5.75 Å². The molecule has 0 spiro atoms. The third-order valence-electron chi connectivity index (χ3n) is 5.02. The van der Waals surface area contributed by atoms with Gasteiger partial charge in [-0.1, -0.05) is 13.8 Å². The van der Waals surface area contributed by atoms with Crippen LogP contribution in [-0.2, 0) is 9.53 Å². The molecule has 1 aliphatic rings. The quantitative estimate of drug-likeness (QED) is 0.706. The van der Waals surface area contributed by atoms with Gasteiger partial charge in [-0.05, 0) is 82.6 Å². The molecule has 4 heteroatoms. The Labute approximate surface area is 152 Å². The van der Waals surface area contributed by atoms with E-state index in [4.69, 9.17) is 9.47 Å². The maximum absolute atomic E-state index is 12.9. The first-order valence-electron chi connectivity index (χ1n) is 9.65. The Balaban J connectivity index is 2.15. The highest BCUT2D eigenvalue weighted by atomic mass is 16.5. The fourth-order valence-electron chi connectivity index (χ4n) is 3.42. The second-order valence-electron chi connectivity index (χ2n) is 7.28. The summed E-state index contributed by atoms with van der Waals surface area (Å²) < 4.78 is 12.0. The molecule has 0 bridgehead atoms. The largest absolute Gasteiger partial charge is 0.490 e. The van der Waals surface area contributed by atoms with Gasteiger partial charge in [-0.3, -0.25) is 4.79 Å². The summed E-state index contributed by atoms with van der Waals surface area (Å²) in [7, 11) is 0. The number of carbonyl (C=O) groups excluding carboxylic acids is 1. The molecule has 1 aromatic rings. The van der Waals surface area contributed by atoms with E-state index in [2.05, 4.69) is 26.1 Å². The van der Waals surface area contributed by atoms with Gasteiger partial charge in [-0.25, -0.2) is 0 Å². The lowest BCUT2D eigenvalue weighted by Gasteiger charge is -2.28. The van der Waals surface area contributed by atoms with Gasteiger partial charge < -0.3 is 14.8 Å². The molecule has 0 saturated heterocycles. The van der Waals surface area contributed by atoms with E-state index in [0.29, 0.717) is 6.61 Å². The number of ether oxygens (including phenoxy) is 2. The van der Waals surface area contributed by atoms with Crippen LogP contribution in [0.4, 0.5) is 5.69 Å². The Morgan fingerprint density at radius 1 is 1.20 bits per heavy atom.